The number of nitrogens with one attached hydrogen (secondary N) is 1. The molecule has 1 N–H and O–H groups in total. The van der Waals surface area contributed by atoms with Crippen LogP contribution in [0, 0.1) is 5.41 Å². The summed E-state index contributed by atoms with van der Waals surface area (Å²) in [6, 6.07) is 47.5. The Bertz CT molecular complexity index is 1720. The van der Waals surface area contributed by atoms with Gasteiger partial charge in [-0.15, -0.1) is 0 Å². The maximum atomic E-state index is 9.14. The Hall–Kier alpha value is -4.67. The molecule has 0 fully saturated rings. The van der Waals surface area contributed by atoms with Crippen molar-refractivity contribution in [3.8, 4) is 0 Å². The molecule has 0 atom stereocenters. The fourth-order valence-electron chi connectivity index (χ4n) is 5.10. The summed E-state index contributed by atoms with van der Waals surface area (Å²) < 4.78 is 4.33. The van der Waals surface area contributed by atoms with Crippen LogP contribution in [0.15, 0.2) is 144 Å². The topological polar surface area (TPSA) is 39.5 Å². The van der Waals surface area contributed by atoms with Crippen LogP contribution in [0.2, 0.25) is 0 Å². The summed E-state index contributed by atoms with van der Waals surface area (Å²) in [5.41, 5.74) is 7.94. The molecular weight excluding hydrogens is 482 g/mol. The normalized spacial score (nSPS) is 13.9. The van der Waals surface area contributed by atoms with Gasteiger partial charge in [0.1, 0.15) is 5.71 Å². The molecule has 5 aromatic carbocycles. The van der Waals surface area contributed by atoms with Gasteiger partial charge in [-0.1, -0.05) is 103 Å². The van der Waals surface area contributed by atoms with E-state index in [0.717, 1.165) is 49.8 Å². The van der Waals surface area contributed by atoms with Crippen molar-refractivity contribution in [3.05, 3.63) is 161 Å². The van der Waals surface area contributed by atoms with E-state index in [9.17, 15) is 0 Å². The first-order valence-corrected chi connectivity index (χ1v) is 12.9. The third kappa shape index (κ3) is 4.25. The molecule has 0 unspecified atom stereocenters. The first-order chi connectivity index (χ1) is 18.8. The van der Waals surface area contributed by atoms with E-state index in [1.807, 2.05) is 54.6 Å². The second-order valence-corrected chi connectivity index (χ2v) is 9.24. The lowest BCUT2D eigenvalue weighted by Crippen LogP contribution is -2.41. The van der Waals surface area contributed by atoms with Gasteiger partial charge in [0.25, 0.3) is 0 Å². The van der Waals surface area contributed by atoms with Gasteiger partial charge in [-0.05, 0) is 70.8 Å². The zero-order valence-corrected chi connectivity index (χ0v) is 21.5. The zero-order valence-electron chi connectivity index (χ0n) is 20.6. The van der Waals surface area contributed by atoms with E-state index in [4.69, 9.17) is 5.41 Å². The molecule has 6 rings (SSSR count). The average Bonchev–Trinajstić information content (AvgIpc) is 2.99. The molecule has 0 aliphatic heterocycles. The van der Waals surface area contributed by atoms with E-state index in [1.165, 1.54) is 0 Å². The van der Waals surface area contributed by atoms with Crippen LogP contribution in [0.3, 0.4) is 0 Å². The molecule has 4 heteroatoms. The number of fused-ring (bicyclic) bond motifs is 1. The van der Waals surface area contributed by atoms with Gasteiger partial charge in [0.15, 0.2) is 0 Å². The first-order valence-electron chi connectivity index (χ1n) is 12.5. The molecule has 0 bridgehead atoms. The molecule has 0 aromatic heterocycles. The predicted molar refractivity (Wildman–Crippen MR) is 162 cm³/mol. The molecule has 0 saturated carbocycles. The third-order valence-corrected chi connectivity index (χ3v) is 6.99. The van der Waals surface area contributed by atoms with Crippen LogP contribution >= 0.6 is 12.8 Å². The minimum absolute atomic E-state index is 0.374. The highest BCUT2D eigenvalue weighted by atomic mass is 32.1. The molecule has 1 aliphatic rings. The lowest BCUT2D eigenvalue weighted by atomic mass is 9.84. The zero-order chi connectivity index (χ0) is 25.9. The van der Waals surface area contributed by atoms with Crippen LogP contribution in [-0.2, 0) is 0 Å². The quantitative estimate of drug-likeness (QED) is 0.250. The number of thiol groups is 1. The number of benzene rings is 5. The molecular formula is C34H25N3S. The van der Waals surface area contributed by atoms with Gasteiger partial charge in [0.05, 0.1) is 5.71 Å². The van der Waals surface area contributed by atoms with Crippen LogP contribution in [0.1, 0.15) is 11.1 Å². The Balaban J connectivity index is 1.54. The molecule has 182 valence electrons. The van der Waals surface area contributed by atoms with E-state index in [2.05, 4.69) is 107 Å². The Morgan fingerprint density at radius 1 is 0.474 bits per heavy atom. The number of para-hydroxylation sites is 2. The van der Waals surface area contributed by atoms with Gasteiger partial charge < -0.3 is 4.90 Å². The van der Waals surface area contributed by atoms with Crippen molar-refractivity contribution in [1.29, 1.82) is 5.41 Å². The Labute approximate surface area is 227 Å². The van der Waals surface area contributed by atoms with E-state index in [0.29, 0.717) is 11.4 Å². The van der Waals surface area contributed by atoms with Gasteiger partial charge in [0.2, 0.25) is 0 Å². The molecule has 0 heterocycles. The minimum Gasteiger partial charge on any atom is -0.311 e. The number of rotatable bonds is 5. The highest BCUT2D eigenvalue weighted by Crippen LogP contribution is 2.35. The summed E-state index contributed by atoms with van der Waals surface area (Å²) >= 11 is 4.33. The molecule has 5 aromatic rings. The summed E-state index contributed by atoms with van der Waals surface area (Å²) in [6.07, 6.45) is 0. The van der Waals surface area contributed by atoms with Crippen LogP contribution in [-0.4, -0.2) is 11.4 Å². The van der Waals surface area contributed by atoms with Crippen molar-refractivity contribution in [2.75, 3.05) is 4.90 Å². The van der Waals surface area contributed by atoms with Gasteiger partial charge in [-0.25, -0.2) is 4.40 Å². The van der Waals surface area contributed by atoms with Gasteiger partial charge in [-0.3, -0.25) is 5.41 Å². The van der Waals surface area contributed by atoms with Crippen molar-refractivity contribution >= 4 is 52.4 Å². The summed E-state index contributed by atoms with van der Waals surface area (Å²) in [5, 5.41) is 11.2. The summed E-state index contributed by atoms with van der Waals surface area (Å²) in [6.45, 7) is 0. The standard InChI is InChI=1S/C34H25N3S/c35-33-31(24-12-4-1-5-13-24)29-18-10-11-19-30(29)32(34(33)36-38)25-20-22-28(23-21-25)37(26-14-6-2-7-15-26)27-16-8-3-9-17-27/h1-23,35,38H. The van der Waals surface area contributed by atoms with E-state index >= 15 is 0 Å². The second-order valence-electron chi connectivity index (χ2n) is 9.04. The number of nitrogens with zero attached hydrogens (tertiary/aromatic N) is 2. The summed E-state index contributed by atoms with van der Waals surface area (Å²) in [5.74, 6) is 0. The van der Waals surface area contributed by atoms with Crippen molar-refractivity contribution in [1.82, 2.24) is 0 Å². The van der Waals surface area contributed by atoms with Crippen LogP contribution in [0.4, 0.5) is 17.1 Å². The molecule has 1 aliphatic carbocycles. The lowest BCUT2D eigenvalue weighted by Gasteiger charge is -2.26. The maximum absolute atomic E-state index is 9.14. The van der Waals surface area contributed by atoms with Gasteiger partial charge in [0, 0.05) is 28.2 Å². The number of hydrogen-bond donors (Lipinski definition) is 2. The van der Waals surface area contributed by atoms with E-state index in [-0.39, 0.29) is 0 Å². The molecule has 0 spiro atoms. The average molecular weight is 508 g/mol. The second kappa shape index (κ2) is 10.4. The number of anilines is 3. The highest BCUT2D eigenvalue weighted by Gasteiger charge is 2.25. The highest BCUT2D eigenvalue weighted by molar-refractivity contribution is 7.79. The summed E-state index contributed by atoms with van der Waals surface area (Å²) in [7, 11) is 0. The van der Waals surface area contributed by atoms with E-state index < -0.39 is 0 Å². The van der Waals surface area contributed by atoms with Crippen molar-refractivity contribution in [2.24, 2.45) is 4.40 Å². The Kier molecular flexibility index (Phi) is 6.47. The van der Waals surface area contributed by atoms with Crippen molar-refractivity contribution < 1.29 is 0 Å². The SMILES string of the molecule is N=C1C(=NS)C(c2ccc(N(c3ccccc3)c3ccccc3)cc2)=c2ccccc2=C1c1ccccc1. The van der Waals surface area contributed by atoms with Crippen LogP contribution in [0.5, 0.6) is 0 Å². The van der Waals surface area contributed by atoms with Gasteiger partial charge >= 0.3 is 0 Å². The number of hydrogen-bond acceptors (Lipinski definition) is 4. The molecule has 0 amide bonds. The Morgan fingerprint density at radius 2 is 0.895 bits per heavy atom. The Morgan fingerprint density at radius 3 is 1.42 bits per heavy atom. The van der Waals surface area contributed by atoms with E-state index in [1.54, 1.807) is 0 Å². The van der Waals surface area contributed by atoms with Crippen molar-refractivity contribution in [2.45, 2.75) is 0 Å². The lowest BCUT2D eigenvalue weighted by molar-refractivity contribution is 1.28. The largest absolute Gasteiger partial charge is 0.311 e. The monoisotopic (exact) mass is 507 g/mol. The van der Waals surface area contributed by atoms with Crippen LogP contribution in [0.25, 0.3) is 11.1 Å². The smallest absolute Gasteiger partial charge is 0.105 e. The third-order valence-electron chi connectivity index (χ3n) is 6.79. The molecule has 0 saturated heterocycles. The van der Waals surface area contributed by atoms with Crippen molar-refractivity contribution in [3.63, 3.8) is 0 Å². The molecule has 38 heavy (non-hydrogen) atoms. The van der Waals surface area contributed by atoms with Gasteiger partial charge in [-0.2, -0.15) is 0 Å². The molecule has 0 radical (unpaired) electrons. The minimum atomic E-state index is 0.374. The maximum Gasteiger partial charge on any atom is 0.105 e. The fraction of sp³-hybridized carbons (Fsp3) is 0. The predicted octanol–water partition coefficient (Wildman–Crippen LogP) is 6.87. The first kappa shape index (κ1) is 23.7. The fourth-order valence-corrected chi connectivity index (χ4v) is 5.30. The van der Waals surface area contributed by atoms with Crippen LogP contribution < -0.4 is 15.3 Å². The summed E-state index contributed by atoms with van der Waals surface area (Å²) in [4.78, 5) is 2.24. The molecule has 3 nitrogen and oxygen atoms in total.